The molecule has 158 valence electrons. The molecule has 0 spiro atoms. The van der Waals surface area contributed by atoms with Crippen molar-refractivity contribution < 1.29 is 8.42 Å². The molecule has 6 nitrogen and oxygen atoms in total. The van der Waals surface area contributed by atoms with Crippen molar-refractivity contribution in [1.82, 2.24) is 9.88 Å². The van der Waals surface area contributed by atoms with Crippen LogP contribution in [0.5, 0.6) is 0 Å². The highest BCUT2D eigenvalue weighted by atomic mass is 32.2. The number of rotatable bonds is 6. The zero-order valence-electron chi connectivity index (χ0n) is 17.4. The van der Waals surface area contributed by atoms with Gasteiger partial charge in [-0.25, -0.2) is 8.42 Å². The fourth-order valence-electron chi connectivity index (χ4n) is 3.39. The van der Waals surface area contributed by atoms with Crippen molar-refractivity contribution in [1.29, 1.82) is 0 Å². The number of pyridine rings is 1. The fourth-order valence-corrected chi connectivity index (χ4v) is 4.58. The summed E-state index contributed by atoms with van der Waals surface area (Å²) in [5.74, 6) is -0.0296. The average molecular weight is 434 g/mol. The van der Waals surface area contributed by atoms with E-state index in [1.165, 1.54) is 0 Å². The van der Waals surface area contributed by atoms with E-state index in [0.29, 0.717) is 28.5 Å². The van der Waals surface area contributed by atoms with Gasteiger partial charge in [0.1, 0.15) is 0 Å². The summed E-state index contributed by atoms with van der Waals surface area (Å²) < 4.78 is 27.3. The van der Waals surface area contributed by atoms with E-state index in [0.717, 1.165) is 16.5 Å². The Hall–Kier alpha value is -3.29. The van der Waals surface area contributed by atoms with Gasteiger partial charge in [0, 0.05) is 34.8 Å². The maximum atomic E-state index is 13.4. The lowest BCUT2D eigenvalue weighted by Gasteiger charge is -2.11. The molecule has 1 aromatic heterocycles. The maximum absolute atomic E-state index is 13.4. The molecule has 0 amide bonds. The molecule has 0 fully saturated rings. The van der Waals surface area contributed by atoms with Crippen LogP contribution >= 0.6 is 0 Å². The SMILES string of the molecule is CN(C)CCS(=O)(=O)Nc1ccc2ccc3ncc(-c4ccccc4)cc3c(=O)c2c1. The number of nitrogens with zero attached hydrogens (tertiary/aromatic N) is 2. The Morgan fingerprint density at radius 3 is 2.39 bits per heavy atom. The standard InChI is InChI=1S/C24H23N3O3S/c1-27(2)12-13-31(29,30)26-20-10-8-18-9-11-23-22(24(28)21(18)15-20)14-19(16-25-23)17-6-4-3-5-7-17/h3-11,14-16,26H,12-13H2,1-2H3. The van der Waals surface area contributed by atoms with Gasteiger partial charge in [-0.05, 0) is 49.3 Å². The first kappa shape index (κ1) is 21.0. The van der Waals surface area contributed by atoms with Crippen molar-refractivity contribution >= 4 is 37.4 Å². The quantitative estimate of drug-likeness (QED) is 0.501. The maximum Gasteiger partial charge on any atom is 0.233 e. The summed E-state index contributed by atoms with van der Waals surface area (Å²) >= 11 is 0. The van der Waals surface area contributed by atoms with Gasteiger partial charge in [0.25, 0.3) is 0 Å². The summed E-state index contributed by atoms with van der Waals surface area (Å²) in [5.41, 5.74) is 2.60. The van der Waals surface area contributed by atoms with E-state index in [2.05, 4.69) is 9.71 Å². The molecule has 4 rings (SSSR count). The highest BCUT2D eigenvalue weighted by Gasteiger charge is 2.12. The van der Waals surface area contributed by atoms with Crippen molar-refractivity contribution in [2.75, 3.05) is 31.1 Å². The lowest BCUT2D eigenvalue weighted by molar-refractivity contribution is 0.432. The van der Waals surface area contributed by atoms with Crippen LogP contribution < -0.4 is 10.2 Å². The zero-order chi connectivity index (χ0) is 22.0. The van der Waals surface area contributed by atoms with Gasteiger partial charge in [0.15, 0.2) is 5.43 Å². The van der Waals surface area contributed by atoms with E-state index in [1.807, 2.05) is 62.6 Å². The second kappa shape index (κ2) is 8.45. The lowest BCUT2D eigenvalue weighted by atomic mass is 10.1. The molecule has 1 N–H and O–H groups in total. The monoisotopic (exact) mass is 433 g/mol. The summed E-state index contributed by atoms with van der Waals surface area (Å²) in [5, 5.41) is 1.65. The summed E-state index contributed by atoms with van der Waals surface area (Å²) in [7, 11) is 0.116. The van der Waals surface area contributed by atoms with Crippen molar-refractivity contribution in [3.05, 3.63) is 83.2 Å². The third-order valence-corrected chi connectivity index (χ3v) is 6.34. The van der Waals surface area contributed by atoms with Crippen LogP contribution in [0.15, 0.2) is 77.7 Å². The third-order valence-electron chi connectivity index (χ3n) is 5.07. The molecule has 0 radical (unpaired) electrons. The summed E-state index contributed by atoms with van der Waals surface area (Å²) in [6, 6.07) is 20.2. The smallest absolute Gasteiger partial charge is 0.233 e. The number of fused-ring (bicyclic) bond motifs is 2. The van der Waals surface area contributed by atoms with Crippen LogP contribution in [0.25, 0.3) is 32.8 Å². The Morgan fingerprint density at radius 2 is 1.65 bits per heavy atom. The first-order valence-corrected chi connectivity index (χ1v) is 11.6. The minimum absolute atomic E-state index is 0.0296. The molecule has 0 aliphatic rings. The number of sulfonamides is 1. The minimum Gasteiger partial charge on any atom is -0.308 e. The number of aromatic nitrogens is 1. The molecule has 0 saturated carbocycles. The molecular formula is C24H23N3O3S. The van der Waals surface area contributed by atoms with Crippen LogP contribution in [-0.4, -0.2) is 44.7 Å². The van der Waals surface area contributed by atoms with E-state index in [1.54, 1.807) is 29.3 Å². The number of benzene rings is 2. The van der Waals surface area contributed by atoms with E-state index < -0.39 is 10.0 Å². The molecule has 0 atom stereocenters. The van der Waals surface area contributed by atoms with Gasteiger partial charge in [0.05, 0.1) is 11.3 Å². The molecule has 7 heteroatoms. The largest absolute Gasteiger partial charge is 0.308 e. The van der Waals surface area contributed by atoms with Gasteiger partial charge >= 0.3 is 0 Å². The first-order valence-electron chi connectivity index (χ1n) is 9.90. The lowest BCUT2D eigenvalue weighted by Crippen LogP contribution is -2.26. The van der Waals surface area contributed by atoms with Crippen LogP contribution in [0.3, 0.4) is 0 Å². The molecular weight excluding hydrogens is 410 g/mol. The zero-order valence-corrected chi connectivity index (χ0v) is 18.2. The fraction of sp³-hybridized carbons (Fsp3) is 0.167. The Morgan fingerprint density at radius 1 is 0.903 bits per heavy atom. The Kier molecular flexibility index (Phi) is 5.71. The van der Waals surface area contributed by atoms with Gasteiger partial charge in [-0.2, -0.15) is 0 Å². The normalized spacial score (nSPS) is 11.8. The molecule has 0 bridgehead atoms. The van der Waals surface area contributed by atoms with Gasteiger partial charge in [0.2, 0.25) is 10.0 Å². The van der Waals surface area contributed by atoms with E-state index in [9.17, 15) is 13.2 Å². The van der Waals surface area contributed by atoms with Crippen LogP contribution in [0, 0.1) is 0 Å². The number of anilines is 1. The highest BCUT2D eigenvalue weighted by molar-refractivity contribution is 7.92. The second-order valence-corrected chi connectivity index (χ2v) is 9.55. The Bertz CT molecular complexity index is 1420. The summed E-state index contributed by atoms with van der Waals surface area (Å²) in [6.07, 6.45) is 1.76. The van der Waals surface area contributed by atoms with E-state index in [-0.39, 0.29) is 11.2 Å². The van der Waals surface area contributed by atoms with E-state index >= 15 is 0 Å². The number of hydrogen-bond acceptors (Lipinski definition) is 5. The van der Waals surface area contributed by atoms with Gasteiger partial charge in [-0.3, -0.25) is 14.5 Å². The third kappa shape index (κ3) is 4.73. The molecule has 0 aliphatic carbocycles. The highest BCUT2D eigenvalue weighted by Crippen LogP contribution is 2.23. The predicted octanol–water partition coefficient (Wildman–Crippen LogP) is 3.72. The van der Waals surface area contributed by atoms with E-state index in [4.69, 9.17) is 0 Å². The first-order chi connectivity index (χ1) is 14.8. The molecule has 1 heterocycles. The van der Waals surface area contributed by atoms with Crippen molar-refractivity contribution in [2.24, 2.45) is 0 Å². The Labute approximate surface area is 181 Å². The van der Waals surface area contributed by atoms with Crippen molar-refractivity contribution in [3.8, 4) is 11.1 Å². The van der Waals surface area contributed by atoms with Crippen molar-refractivity contribution in [3.63, 3.8) is 0 Å². The van der Waals surface area contributed by atoms with Crippen LogP contribution in [-0.2, 0) is 10.0 Å². The molecule has 4 aromatic rings. The van der Waals surface area contributed by atoms with Gasteiger partial charge < -0.3 is 4.90 Å². The average Bonchev–Trinajstić information content (AvgIpc) is 2.89. The summed E-state index contributed by atoms with van der Waals surface area (Å²) in [6.45, 7) is 0.406. The number of nitrogens with one attached hydrogen (secondary N) is 1. The predicted molar refractivity (Wildman–Crippen MR) is 127 cm³/mol. The minimum atomic E-state index is -3.52. The van der Waals surface area contributed by atoms with Gasteiger partial charge in [-0.15, -0.1) is 0 Å². The molecule has 3 aromatic carbocycles. The second-order valence-electron chi connectivity index (χ2n) is 7.71. The summed E-state index contributed by atoms with van der Waals surface area (Å²) in [4.78, 5) is 19.7. The Balaban J connectivity index is 1.81. The molecule has 0 saturated heterocycles. The van der Waals surface area contributed by atoms with Gasteiger partial charge in [-0.1, -0.05) is 42.5 Å². The molecule has 31 heavy (non-hydrogen) atoms. The van der Waals surface area contributed by atoms with Crippen LogP contribution in [0.1, 0.15) is 0 Å². The number of hydrogen-bond donors (Lipinski definition) is 1. The van der Waals surface area contributed by atoms with Crippen molar-refractivity contribution in [2.45, 2.75) is 0 Å². The topological polar surface area (TPSA) is 79.4 Å². The van der Waals surface area contributed by atoms with Crippen LogP contribution in [0.2, 0.25) is 0 Å². The molecule has 0 aliphatic heterocycles. The van der Waals surface area contributed by atoms with Crippen LogP contribution in [0.4, 0.5) is 5.69 Å². The molecule has 0 unspecified atom stereocenters.